The zero-order chi connectivity index (χ0) is 18.2. The molecule has 1 N–H and O–H groups in total. The Morgan fingerprint density at radius 3 is 2.72 bits per heavy atom. The van der Waals surface area contributed by atoms with Gasteiger partial charge in [-0.25, -0.2) is 4.39 Å². The molecule has 2 aromatic carbocycles. The number of carbonyl (C=O) groups is 1. The second-order valence-corrected chi connectivity index (χ2v) is 6.31. The maximum atomic E-state index is 13.7. The van der Waals surface area contributed by atoms with E-state index in [4.69, 9.17) is 16.3 Å². The number of benzene rings is 2. The van der Waals surface area contributed by atoms with Crippen LogP contribution < -0.4 is 10.1 Å². The standard InChI is InChI=1S/C19H22ClFN2O2/c1-23(12-15-6-7-18(25-2)17(21)11-15)13-19(24)22-9-8-14-4-3-5-16(20)10-14/h3-7,10-11H,8-9,12-13H2,1-2H3,(H,22,24). The molecule has 0 aliphatic heterocycles. The number of carbonyl (C=O) groups excluding carboxylic acids is 1. The molecule has 1 amide bonds. The molecule has 0 aliphatic carbocycles. The number of amides is 1. The van der Waals surface area contributed by atoms with Gasteiger partial charge in [-0.3, -0.25) is 9.69 Å². The van der Waals surface area contributed by atoms with Crippen LogP contribution in [0.5, 0.6) is 5.75 Å². The summed E-state index contributed by atoms with van der Waals surface area (Å²) in [4.78, 5) is 13.8. The van der Waals surface area contributed by atoms with Crippen LogP contribution in [-0.2, 0) is 17.8 Å². The predicted octanol–water partition coefficient (Wildman–Crippen LogP) is 3.28. The first-order chi connectivity index (χ1) is 12.0. The van der Waals surface area contributed by atoms with E-state index in [0.29, 0.717) is 18.1 Å². The van der Waals surface area contributed by atoms with Gasteiger partial charge in [0.1, 0.15) is 0 Å². The maximum Gasteiger partial charge on any atom is 0.234 e. The topological polar surface area (TPSA) is 41.6 Å². The van der Waals surface area contributed by atoms with Gasteiger partial charge in [-0.1, -0.05) is 29.8 Å². The third kappa shape index (κ3) is 6.36. The molecule has 4 nitrogen and oxygen atoms in total. The molecular formula is C19H22ClFN2O2. The molecular weight excluding hydrogens is 343 g/mol. The first-order valence-electron chi connectivity index (χ1n) is 8.00. The van der Waals surface area contributed by atoms with Gasteiger partial charge in [0, 0.05) is 18.1 Å². The normalized spacial score (nSPS) is 10.8. The Morgan fingerprint density at radius 1 is 1.24 bits per heavy atom. The maximum absolute atomic E-state index is 13.7. The zero-order valence-corrected chi connectivity index (χ0v) is 15.1. The highest BCUT2D eigenvalue weighted by atomic mass is 35.5. The molecule has 0 unspecified atom stereocenters. The molecule has 134 valence electrons. The van der Waals surface area contributed by atoms with Crippen molar-refractivity contribution in [2.45, 2.75) is 13.0 Å². The van der Waals surface area contributed by atoms with E-state index in [1.54, 1.807) is 12.1 Å². The lowest BCUT2D eigenvalue weighted by molar-refractivity contribution is -0.122. The largest absolute Gasteiger partial charge is 0.494 e. The molecule has 0 atom stereocenters. The molecule has 0 fully saturated rings. The van der Waals surface area contributed by atoms with Gasteiger partial charge in [0.05, 0.1) is 13.7 Å². The number of nitrogens with one attached hydrogen (secondary N) is 1. The van der Waals surface area contributed by atoms with Crippen LogP contribution in [0.3, 0.4) is 0 Å². The summed E-state index contributed by atoms with van der Waals surface area (Å²) in [5, 5.41) is 3.57. The minimum atomic E-state index is -0.403. The average Bonchev–Trinajstić information content (AvgIpc) is 2.55. The number of halogens is 2. The smallest absolute Gasteiger partial charge is 0.234 e. The zero-order valence-electron chi connectivity index (χ0n) is 14.4. The second-order valence-electron chi connectivity index (χ2n) is 5.87. The fourth-order valence-corrected chi connectivity index (χ4v) is 2.73. The molecule has 0 aliphatic rings. The summed E-state index contributed by atoms with van der Waals surface area (Å²) in [6.07, 6.45) is 0.722. The van der Waals surface area contributed by atoms with Crippen molar-refractivity contribution in [1.29, 1.82) is 0 Å². The monoisotopic (exact) mass is 364 g/mol. The van der Waals surface area contributed by atoms with Crippen molar-refractivity contribution >= 4 is 17.5 Å². The Balaban J connectivity index is 1.75. The lowest BCUT2D eigenvalue weighted by Gasteiger charge is -2.17. The molecule has 0 saturated heterocycles. The molecule has 2 rings (SSSR count). The van der Waals surface area contributed by atoms with E-state index in [2.05, 4.69) is 5.32 Å². The van der Waals surface area contributed by atoms with Gasteiger partial charge in [-0.15, -0.1) is 0 Å². The third-order valence-electron chi connectivity index (χ3n) is 3.71. The van der Waals surface area contributed by atoms with Crippen molar-refractivity contribution in [3.8, 4) is 5.75 Å². The fraction of sp³-hybridized carbons (Fsp3) is 0.316. The van der Waals surface area contributed by atoms with Crippen molar-refractivity contribution in [3.63, 3.8) is 0 Å². The van der Waals surface area contributed by atoms with Crippen LogP contribution in [0.4, 0.5) is 4.39 Å². The van der Waals surface area contributed by atoms with Gasteiger partial charge in [0.15, 0.2) is 11.6 Å². The molecule has 25 heavy (non-hydrogen) atoms. The van der Waals surface area contributed by atoms with Gasteiger partial charge in [0.2, 0.25) is 5.91 Å². The molecule has 0 radical (unpaired) electrons. The number of methoxy groups -OCH3 is 1. The number of ether oxygens (including phenoxy) is 1. The Labute approximate surface area is 152 Å². The number of rotatable bonds is 8. The highest BCUT2D eigenvalue weighted by molar-refractivity contribution is 6.30. The second kappa shape index (κ2) is 9.39. The van der Waals surface area contributed by atoms with E-state index >= 15 is 0 Å². The molecule has 0 saturated carbocycles. The van der Waals surface area contributed by atoms with Crippen LogP contribution in [0.15, 0.2) is 42.5 Å². The van der Waals surface area contributed by atoms with E-state index < -0.39 is 5.82 Å². The number of hydrogen-bond donors (Lipinski definition) is 1. The molecule has 0 bridgehead atoms. The van der Waals surface area contributed by atoms with E-state index in [0.717, 1.165) is 17.5 Å². The Morgan fingerprint density at radius 2 is 2.04 bits per heavy atom. The summed E-state index contributed by atoms with van der Waals surface area (Å²) >= 11 is 5.93. The van der Waals surface area contributed by atoms with Gasteiger partial charge in [-0.2, -0.15) is 0 Å². The summed E-state index contributed by atoms with van der Waals surface area (Å²) in [7, 11) is 3.25. The number of likely N-dealkylation sites (N-methyl/N-ethyl adjacent to an activating group) is 1. The predicted molar refractivity (Wildman–Crippen MR) is 97.5 cm³/mol. The third-order valence-corrected chi connectivity index (χ3v) is 3.94. The average molecular weight is 365 g/mol. The van der Waals surface area contributed by atoms with Crippen LogP contribution in [0, 0.1) is 5.82 Å². The van der Waals surface area contributed by atoms with Crippen LogP contribution >= 0.6 is 11.6 Å². The Hall–Kier alpha value is -2.11. The van der Waals surface area contributed by atoms with Crippen LogP contribution in [0.25, 0.3) is 0 Å². The van der Waals surface area contributed by atoms with E-state index in [-0.39, 0.29) is 18.2 Å². The van der Waals surface area contributed by atoms with E-state index in [9.17, 15) is 9.18 Å². The quantitative estimate of drug-likeness (QED) is 0.781. The summed E-state index contributed by atoms with van der Waals surface area (Å²) in [6.45, 7) is 1.26. The summed E-state index contributed by atoms with van der Waals surface area (Å²) < 4.78 is 18.6. The van der Waals surface area contributed by atoms with Crippen molar-refractivity contribution in [1.82, 2.24) is 10.2 Å². The van der Waals surface area contributed by atoms with Crippen molar-refractivity contribution < 1.29 is 13.9 Å². The molecule has 0 spiro atoms. The van der Waals surface area contributed by atoms with Gasteiger partial charge in [-0.05, 0) is 48.9 Å². The number of nitrogens with zero attached hydrogens (tertiary/aromatic N) is 1. The molecule has 6 heteroatoms. The summed E-state index contributed by atoms with van der Waals surface area (Å²) in [5.41, 5.74) is 1.86. The first kappa shape index (κ1) is 19.2. The minimum Gasteiger partial charge on any atom is -0.494 e. The van der Waals surface area contributed by atoms with Crippen LogP contribution in [-0.4, -0.2) is 38.1 Å². The van der Waals surface area contributed by atoms with Crippen molar-refractivity contribution in [2.75, 3.05) is 27.2 Å². The van der Waals surface area contributed by atoms with Crippen molar-refractivity contribution in [2.24, 2.45) is 0 Å². The SMILES string of the molecule is COc1ccc(CN(C)CC(=O)NCCc2cccc(Cl)c2)cc1F. The lowest BCUT2D eigenvalue weighted by Crippen LogP contribution is -2.35. The van der Waals surface area contributed by atoms with Crippen molar-refractivity contribution in [3.05, 3.63) is 64.4 Å². The summed E-state index contributed by atoms with van der Waals surface area (Å²) in [6, 6.07) is 12.4. The molecule has 0 heterocycles. The minimum absolute atomic E-state index is 0.0708. The molecule has 2 aromatic rings. The van der Waals surface area contributed by atoms with Gasteiger partial charge < -0.3 is 10.1 Å². The van der Waals surface area contributed by atoms with E-state index in [1.165, 1.54) is 13.2 Å². The van der Waals surface area contributed by atoms with Gasteiger partial charge >= 0.3 is 0 Å². The highest BCUT2D eigenvalue weighted by Crippen LogP contribution is 2.18. The molecule has 0 aromatic heterocycles. The Kier molecular flexibility index (Phi) is 7.22. The van der Waals surface area contributed by atoms with Gasteiger partial charge in [0.25, 0.3) is 0 Å². The number of hydrogen-bond acceptors (Lipinski definition) is 3. The summed E-state index contributed by atoms with van der Waals surface area (Å²) in [5.74, 6) is -0.261. The van der Waals surface area contributed by atoms with Crippen LogP contribution in [0.1, 0.15) is 11.1 Å². The Bertz CT molecular complexity index is 724. The van der Waals surface area contributed by atoms with E-state index in [1.807, 2.05) is 36.2 Å². The lowest BCUT2D eigenvalue weighted by atomic mass is 10.1. The fourth-order valence-electron chi connectivity index (χ4n) is 2.52. The first-order valence-corrected chi connectivity index (χ1v) is 8.38. The highest BCUT2D eigenvalue weighted by Gasteiger charge is 2.09. The van der Waals surface area contributed by atoms with Crippen LogP contribution in [0.2, 0.25) is 5.02 Å².